The Labute approximate surface area is 94.0 Å². The lowest BCUT2D eigenvalue weighted by Crippen LogP contribution is -2.44. The molecule has 1 saturated heterocycles. The maximum Gasteiger partial charge on any atom is 0.222 e. The molecule has 0 unspecified atom stereocenters. The quantitative estimate of drug-likeness (QED) is 0.703. The molecule has 0 aliphatic carbocycles. The average Bonchev–Trinajstić information content (AvgIpc) is 2.26. The van der Waals surface area contributed by atoms with Crippen LogP contribution in [0, 0.1) is 17.8 Å². The first-order valence-corrected chi connectivity index (χ1v) is 6.37. The van der Waals surface area contributed by atoms with E-state index in [2.05, 4.69) is 25.7 Å². The smallest absolute Gasteiger partial charge is 0.222 e. The van der Waals surface area contributed by atoms with Crippen LogP contribution in [0.1, 0.15) is 47.0 Å². The van der Waals surface area contributed by atoms with Crippen molar-refractivity contribution in [2.24, 2.45) is 17.8 Å². The SMILES string of the molecule is CCC(=O)N1CC[C@@H](C(C)C)[C@H](CC)C1. The molecule has 0 radical (unpaired) electrons. The summed E-state index contributed by atoms with van der Waals surface area (Å²) in [6, 6.07) is 0. The van der Waals surface area contributed by atoms with Crippen molar-refractivity contribution >= 4 is 5.91 Å². The number of hydrogen-bond donors (Lipinski definition) is 0. The Balaban J connectivity index is 2.58. The van der Waals surface area contributed by atoms with Gasteiger partial charge in [0.25, 0.3) is 0 Å². The minimum atomic E-state index is 0.329. The molecule has 2 atom stereocenters. The van der Waals surface area contributed by atoms with E-state index in [-0.39, 0.29) is 0 Å². The minimum Gasteiger partial charge on any atom is -0.342 e. The standard InChI is InChI=1S/C13H25NO/c1-5-11-9-14(13(15)6-2)8-7-12(11)10(3)4/h10-12H,5-9H2,1-4H3/t11-,12+/m1/s1. The number of nitrogens with zero attached hydrogens (tertiary/aromatic N) is 1. The molecular formula is C13H25NO. The molecule has 0 saturated carbocycles. The van der Waals surface area contributed by atoms with E-state index in [9.17, 15) is 4.79 Å². The molecule has 0 aromatic carbocycles. The summed E-state index contributed by atoms with van der Waals surface area (Å²) in [5.74, 6) is 2.62. The van der Waals surface area contributed by atoms with Crippen molar-refractivity contribution in [1.29, 1.82) is 0 Å². The van der Waals surface area contributed by atoms with Gasteiger partial charge in [-0.2, -0.15) is 0 Å². The molecule has 1 amide bonds. The van der Waals surface area contributed by atoms with E-state index in [4.69, 9.17) is 0 Å². The average molecular weight is 211 g/mol. The number of hydrogen-bond acceptors (Lipinski definition) is 1. The largest absolute Gasteiger partial charge is 0.342 e. The fourth-order valence-electron chi connectivity index (χ4n) is 2.81. The van der Waals surface area contributed by atoms with Gasteiger partial charge in [-0.1, -0.05) is 34.1 Å². The van der Waals surface area contributed by atoms with Crippen molar-refractivity contribution in [3.05, 3.63) is 0 Å². The van der Waals surface area contributed by atoms with Crippen LogP contribution < -0.4 is 0 Å². The van der Waals surface area contributed by atoms with Crippen LogP contribution in [0.3, 0.4) is 0 Å². The van der Waals surface area contributed by atoms with Gasteiger partial charge in [0.15, 0.2) is 0 Å². The Bertz CT molecular complexity index is 213. The van der Waals surface area contributed by atoms with Crippen molar-refractivity contribution in [3.8, 4) is 0 Å². The van der Waals surface area contributed by atoms with E-state index in [1.807, 2.05) is 6.92 Å². The highest BCUT2D eigenvalue weighted by Gasteiger charge is 2.31. The number of likely N-dealkylation sites (tertiary alicyclic amines) is 1. The Kier molecular flexibility index (Phi) is 4.62. The number of carbonyl (C=O) groups is 1. The van der Waals surface area contributed by atoms with Gasteiger partial charge in [0.05, 0.1) is 0 Å². The molecule has 1 fully saturated rings. The molecule has 0 aromatic heterocycles. The minimum absolute atomic E-state index is 0.329. The van der Waals surface area contributed by atoms with Gasteiger partial charge in [0.1, 0.15) is 0 Å². The van der Waals surface area contributed by atoms with E-state index in [0.717, 1.165) is 24.9 Å². The van der Waals surface area contributed by atoms with Gasteiger partial charge < -0.3 is 4.90 Å². The van der Waals surface area contributed by atoms with Crippen molar-refractivity contribution in [2.45, 2.75) is 47.0 Å². The molecule has 0 bridgehead atoms. The van der Waals surface area contributed by atoms with Crippen molar-refractivity contribution in [3.63, 3.8) is 0 Å². The van der Waals surface area contributed by atoms with Gasteiger partial charge in [-0.15, -0.1) is 0 Å². The predicted molar refractivity (Wildman–Crippen MR) is 63.6 cm³/mol. The van der Waals surface area contributed by atoms with E-state index in [0.29, 0.717) is 18.2 Å². The second-order valence-corrected chi connectivity index (χ2v) is 5.06. The summed E-state index contributed by atoms with van der Waals surface area (Å²) >= 11 is 0. The molecule has 1 aliphatic rings. The van der Waals surface area contributed by atoms with Gasteiger partial charge >= 0.3 is 0 Å². The zero-order chi connectivity index (χ0) is 11.4. The van der Waals surface area contributed by atoms with Crippen molar-refractivity contribution in [1.82, 2.24) is 4.90 Å². The van der Waals surface area contributed by atoms with Gasteiger partial charge in [-0.05, 0) is 24.2 Å². The zero-order valence-corrected chi connectivity index (χ0v) is 10.6. The van der Waals surface area contributed by atoms with Gasteiger partial charge in [0.2, 0.25) is 5.91 Å². The molecular weight excluding hydrogens is 186 g/mol. The van der Waals surface area contributed by atoms with Gasteiger partial charge in [-0.25, -0.2) is 0 Å². The summed E-state index contributed by atoms with van der Waals surface area (Å²) in [6.45, 7) is 10.8. The highest BCUT2D eigenvalue weighted by Crippen LogP contribution is 2.32. The van der Waals surface area contributed by atoms with Crippen LogP contribution in [-0.2, 0) is 4.79 Å². The molecule has 88 valence electrons. The lowest BCUT2D eigenvalue weighted by molar-refractivity contribution is -0.133. The first kappa shape index (κ1) is 12.5. The molecule has 0 N–H and O–H groups in total. The molecule has 15 heavy (non-hydrogen) atoms. The lowest BCUT2D eigenvalue weighted by Gasteiger charge is -2.40. The zero-order valence-electron chi connectivity index (χ0n) is 10.6. The van der Waals surface area contributed by atoms with Crippen molar-refractivity contribution < 1.29 is 4.79 Å². The fraction of sp³-hybridized carbons (Fsp3) is 0.923. The van der Waals surface area contributed by atoms with Crippen LogP contribution >= 0.6 is 0 Å². The first-order chi connectivity index (χ1) is 7.10. The summed E-state index contributed by atoms with van der Waals surface area (Å²) in [7, 11) is 0. The molecule has 1 rings (SSSR count). The molecule has 0 spiro atoms. The maximum absolute atomic E-state index is 11.6. The van der Waals surface area contributed by atoms with Crippen LogP contribution in [0.15, 0.2) is 0 Å². The second-order valence-electron chi connectivity index (χ2n) is 5.06. The number of amides is 1. The maximum atomic E-state index is 11.6. The third-order valence-electron chi connectivity index (χ3n) is 3.83. The number of rotatable bonds is 3. The Morgan fingerprint density at radius 2 is 2.07 bits per heavy atom. The summed E-state index contributed by atoms with van der Waals surface area (Å²) < 4.78 is 0. The third kappa shape index (κ3) is 2.96. The monoisotopic (exact) mass is 211 g/mol. The van der Waals surface area contributed by atoms with Crippen LogP contribution in [0.4, 0.5) is 0 Å². The summed E-state index contributed by atoms with van der Waals surface area (Å²) in [5, 5.41) is 0. The molecule has 0 aromatic rings. The predicted octanol–water partition coefficient (Wildman–Crippen LogP) is 2.93. The van der Waals surface area contributed by atoms with Crippen LogP contribution in [0.25, 0.3) is 0 Å². The number of carbonyl (C=O) groups excluding carboxylic acids is 1. The second kappa shape index (κ2) is 5.53. The highest BCUT2D eigenvalue weighted by atomic mass is 16.2. The van der Waals surface area contributed by atoms with Gasteiger partial charge in [-0.3, -0.25) is 4.79 Å². The lowest BCUT2D eigenvalue weighted by atomic mass is 9.77. The van der Waals surface area contributed by atoms with E-state index < -0.39 is 0 Å². The topological polar surface area (TPSA) is 20.3 Å². The molecule has 1 aliphatic heterocycles. The van der Waals surface area contributed by atoms with Crippen LogP contribution in [0.2, 0.25) is 0 Å². The fourth-order valence-corrected chi connectivity index (χ4v) is 2.81. The van der Waals surface area contributed by atoms with Crippen molar-refractivity contribution in [2.75, 3.05) is 13.1 Å². The summed E-state index contributed by atoms with van der Waals surface area (Å²) in [6.07, 6.45) is 3.06. The van der Waals surface area contributed by atoms with Crippen LogP contribution in [-0.4, -0.2) is 23.9 Å². The first-order valence-electron chi connectivity index (χ1n) is 6.37. The normalized spacial score (nSPS) is 27.1. The molecule has 1 heterocycles. The number of piperidine rings is 1. The van der Waals surface area contributed by atoms with E-state index in [1.165, 1.54) is 12.8 Å². The Morgan fingerprint density at radius 3 is 2.53 bits per heavy atom. The molecule has 2 nitrogen and oxygen atoms in total. The van der Waals surface area contributed by atoms with Crippen LogP contribution in [0.5, 0.6) is 0 Å². The Morgan fingerprint density at radius 1 is 1.40 bits per heavy atom. The summed E-state index contributed by atoms with van der Waals surface area (Å²) in [4.78, 5) is 13.7. The Hall–Kier alpha value is -0.530. The highest BCUT2D eigenvalue weighted by molar-refractivity contribution is 5.75. The van der Waals surface area contributed by atoms with Gasteiger partial charge in [0, 0.05) is 19.5 Å². The van der Waals surface area contributed by atoms with E-state index in [1.54, 1.807) is 0 Å². The van der Waals surface area contributed by atoms with E-state index >= 15 is 0 Å². The third-order valence-corrected chi connectivity index (χ3v) is 3.83. The molecule has 2 heteroatoms. The summed E-state index contributed by atoms with van der Waals surface area (Å²) in [5.41, 5.74) is 0.